The Morgan fingerprint density at radius 3 is 2.52 bits per heavy atom. The molecule has 0 aliphatic rings. The number of ether oxygens (including phenoxy) is 2. The summed E-state index contributed by atoms with van der Waals surface area (Å²) in [5.41, 5.74) is 1.42. The number of amides is 1. The van der Waals surface area contributed by atoms with Crippen molar-refractivity contribution in [2.75, 3.05) is 6.79 Å². The molecule has 10 nitrogen and oxygen atoms in total. The highest BCUT2D eigenvalue weighted by Crippen LogP contribution is 2.15. The van der Waals surface area contributed by atoms with Crippen molar-refractivity contribution >= 4 is 23.1 Å². The highest BCUT2D eigenvalue weighted by molar-refractivity contribution is 5.80. The highest BCUT2D eigenvalue weighted by atomic mass is 16.8. The molecule has 0 bridgehead atoms. The number of nitrogens with one attached hydrogen (secondary N) is 1. The fourth-order valence-corrected chi connectivity index (χ4v) is 2.69. The predicted molar refractivity (Wildman–Crippen MR) is 111 cm³/mol. The highest BCUT2D eigenvalue weighted by Gasteiger charge is 2.24. The number of para-hydroxylation sites is 1. The van der Waals surface area contributed by atoms with Crippen LogP contribution in [0.5, 0.6) is 5.75 Å². The van der Waals surface area contributed by atoms with Crippen molar-refractivity contribution in [3.63, 3.8) is 0 Å². The Morgan fingerprint density at radius 1 is 1.13 bits per heavy atom. The zero-order valence-corrected chi connectivity index (χ0v) is 17.4. The number of carboxylic acids is 1. The Morgan fingerprint density at radius 2 is 1.84 bits per heavy atom. The molecule has 1 aromatic heterocycles. The summed E-state index contributed by atoms with van der Waals surface area (Å²) in [4.78, 5) is 30.1. The Kier molecular flexibility index (Phi) is 6.58. The maximum absolute atomic E-state index is 11.9. The lowest BCUT2D eigenvalue weighted by Crippen LogP contribution is -2.44. The lowest BCUT2D eigenvalue weighted by Gasteiger charge is -2.22. The summed E-state index contributed by atoms with van der Waals surface area (Å²) in [5.74, 6) is -0.625. The molecular formula is C21H24N4O6. The number of carbonyl (C=O) groups is 2. The van der Waals surface area contributed by atoms with Gasteiger partial charge in [-0.2, -0.15) is 0 Å². The summed E-state index contributed by atoms with van der Waals surface area (Å²) in [7, 11) is 0. The first kappa shape index (κ1) is 21.9. The zero-order valence-electron chi connectivity index (χ0n) is 17.4. The third-order valence-corrected chi connectivity index (χ3v) is 4.07. The van der Waals surface area contributed by atoms with Crippen LogP contribution < -0.4 is 14.9 Å². The third kappa shape index (κ3) is 6.33. The van der Waals surface area contributed by atoms with Gasteiger partial charge in [0.05, 0.1) is 0 Å². The average molecular weight is 428 g/mol. The molecular weight excluding hydrogens is 404 g/mol. The molecule has 3 rings (SSSR count). The van der Waals surface area contributed by atoms with Gasteiger partial charge in [0, 0.05) is 6.42 Å². The van der Waals surface area contributed by atoms with Crippen LogP contribution in [0.15, 0.2) is 48.5 Å². The van der Waals surface area contributed by atoms with Crippen molar-refractivity contribution in [2.45, 2.75) is 38.8 Å². The van der Waals surface area contributed by atoms with Gasteiger partial charge in [0.15, 0.2) is 0 Å². The first-order valence-corrected chi connectivity index (χ1v) is 9.59. The molecule has 0 saturated heterocycles. The summed E-state index contributed by atoms with van der Waals surface area (Å²) in [6.07, 6.45) is -0.686. The van der Waals surface area contributed by atoms with Gasteiger partial charge in [0.25, 0.3) is 6.79 Å². The van der Waals surface area contributed by atoms with E-state index in [4.69, 9.17) is 14.3 Å². The molecule has 0 aliphatic carbocycles. The van der Waals surface area contributed by atoms with E-state index in [9.17, 15) is 14.7 Å². The molecule has 0 aliphatic heterocycles. The Labute approximate surface area is 178 Å². The van der Waals surface area contributed by atoms with E-state index in [1.54, 1.807) is 45.0 Å². The minimum Gasteiger partial charge on any atom is -0.480 e. The summed E-state index contributed by atoms with van der Waals surface area (Å²) in [6.45, 7) is 5.02. The number of hydrogen-bond donors (Lipinski definition) is 2. The normalized spacial score (nSPS) is 12.2. The van der Waals surface area contributed by atoms with E-state index in [2.05, 4.69) is 15.6 Å². The molecule has 164 valence electrons. The van der Waals surface area contributed by atoms with Crippen LogP contribution in [-0.4, -0.2) is 50.8 Å². The van der Waals surface area contributed by atoms with E-state index in [0.29, 0.717) is 16.8 Å². The van der Waals surface area contributed by atoms with Gasteiger partial charge in [-0.15, -0.1) is 5.10 Å². The number of hydrogen-bond acceptors (Lipinski definition) is 7. The number of fused-ring (bicyclic) bond motifs is 1. The Hall–Kier alpha value is -3.82. The van der Waals surface area contributed by atoms with E-state index in [1.165, 1.54) is 4.85 Å². The molecule has 2 aromatic carbocycles. The topological polar surface area (TPSA) is 125 Å². The van der Waals surface area contributed by atoms with Crippen LogP contribution >= 0.6 is 0 Å². The number of alkyl carbamates (subject to hydrolysis) is 1. The van der Waals surface area contributed by atoms with Gasteiger partial charge in [-0.05, 0) is 55.8 Å². The maximum Gasteiger partial charge on any atom is 0.408 e. The number of benzene rings is 2. The first-order valence-electron chi connectivity index (χ1n) is 9.59. The lowest BCUT2D eigenvalue weighted by atomic mass is 10.1. The second-order valence-electron chi connectivity index (χ2n) is 7.73. The zero-order chi connectivity index (χ0) is 22.4. The molecule has 3 aromatic rings. The van der Waals surface area contributed by atoms with Crippen LogP contribution in [0.25, 0.3) is 11.0 Å². The van der Waals surface area contributed by atoms with Crippen molar-refractivity contribution in [3.05, 3.63) is 54.1 Å². The van der Waals surface area contributed by atoms with Gasteiger partial charge in [-0.25, -0.2) is 9.59 Å². The second-order valence-corrected chi connectivity index (χ2v) is 7.73. The number of aromatic nitrogens is 3. The monoisotopic (exact) mass is 428 g/mol. The lowest BCUT2D eigenvalue weighted by molar-refractivity contribution is -0.139. The molecule has 1 amide bonds. The van der Waals surface area contributed by atoms with E-state index >= 15 is 0 Å². The summed E-state index contributed by atoms with van der Waals surface area (Å²) < 4.78 is 10.7. The second kappa shape index (κ2) is 9.33. The maximum atomic E-state index is 11.9. The number of carbonyl (C=O) groups excluding carboxylic acids is 1. The summed E-state index contributed by atoms with van der Waals surface area (Å²) in [5, 5.41) is 19.6. The van der Waals surface area contributed by atoms with E-state index in [0.717, 1.165) is 5.52 Å². The van der Waals surface area contributed by atoms with Gasteiger partial charge in [0.1, 0.15) is 28.4 Å². The van der Waals surface area contributed by atoms with Crippen molar-refractivity contribution in [3.8, 4) is 5.75 Å². The van der Waals surface area contributed by atoms with Gasteiger partial charge in [0.2, 0.25) is 0 Å². The summed E-state index contributed by atoms with van der Waals surface area (Å²) in [6, 6.07) is 13.0. The Bertz CT molecular complexity index is 1040. The van der Waals surface area contributed by atoms with Gasteiger partial charge in [-0.3, -0.25) is 0 Å². The minimum absolute atomic E-state index is 0.0926. The fourth-order valence-electron chi connectivity index (χ4n) is 2.69. The largest absolute Gasteiger partial charge is 0.480 e. The summed E-state index contributed by atoms with van der Waals surface area (Å²) >= 11 is 0. The van der Waals surface area contributed by atoms with Crippen LogP contribution in [0, 0.1) is 0 Å². The van der Waals surface area contributed by atoms with Gasteiger partial charge >= 0.3 is 12.1 Å². The fraction of sp³-hybridized carbons (Fsp3) is 0.333. The van der Waals surface area contributed by atoms with Crippen molar-refractivity contribution in [1.29, 1.82) is 0 Å². The van der Waals surface area contributed by atoms with Crippen LogP contribution in [0.1, 0.15) is 26.3 Å². The molecule has 0 radical (unpaired) electrons. The minimum atomic E-state index is -1.15. The molecule has 10 heteroatoms. The number of aliphatic carboxylic acids is 1. The average Bonchev–Trinajstić information content (AvgIpc) is 3.10. The molecule has 0 unspecified atom stereocenters. The molecule has 31 heavy (non-hydrogen) atoms. The molecule has 0 spiro atoms. The third-order valence-electron chi connectivity index (χ3n) is 4.07. The van der Waals surface area contributed by atoms with Crippen LogP contribution in [0.2, 0.25) is 0 Å². The molecule has 1 atom stereocenters. The van der Waals surface area contributed by atoms with Crippen molar-refractivity contribution in [1.82, 2.24) is 20.5 Å². The van der Waals surface area contributed by atoms with Crippen molar-refractivity contribution < 1.29 is 29.0 Å². The smallest absolute Gasteiger partial charge is 0.408 e. The molecule has 2 N–H and O–H groups in total. The molecule has 0 saturated carbocycles. The number of rotatable bonds is 8. The van der Waals surface area contributed by atoms with E-state index in [-0.39, 0.29) is 13.2 Å². The quantitative estimate of drug-likeness (QED) is 0.524. The number of carboxylic acid groups (broad SMARTS) is 1. The standard InChI is InChI=1S/C21H24N4O6/c1-21(2,3)31-20(28)22-17(19(26)27)12-14-8-10-15(11-9-14)29-13-30-25-18-7-5-4-6-16(18)23-24-25/h4-11,17H,12-13H2,1-3H3,(H,22,28)(H,26,27)/t17-/m0/s1. The molecule has 1 heterocycles. The van der Waals surface area contributed by atoms with E-state index < -0.39 is 23.7 Å². The van der Waals surface area contributed by atoms with Crippen molar-refractivity contribution in [2.24, 2.45) is 0 Å². The Balaban J connectivity index is 1.52. The van der Waals surface area contributed by atoms with Gasteiger partial charge in [-0.1, -0.05) is 29.1 Å². The van der Waals surface area contributed by atoms with E-state index in [1.807, 2.05) is 24.3 Å². The predicted octanol–water partition coefficient (Wildman–Crippen LogP) is 2.42. The van der Waals surface area contributed by atoms with Crippen LogP contribution in [-0.2, 0) is 16.0 Å². The van der Waals surface area contributed by atoms with Crippen LogP contribution in [0.3, 0.4) is 0 Å². The van der Waals surface area contributed by atoms with Crippen LogP contribution in [0.4, 0.5) is 4.79 Å². The van der Waals surface area contributed by atoms with Gasteiger partial charge < -0.3 is 24.7 Å². The number of nitrogens with zero attached hydrogens (tertiary/aromatic N) is 3. The molecule has 0 fully saturated rings. The SMILES string of the molecule is CC(C)(C)OC(=O)N[C@@H](Cc1ccc(OCOn2nnc3ccccc32)cc1)C(=O)O. The first-order chi connectivity index (χ1) is 14.7.